The summed E-state index contributed by atoms with van der Waals surface area (Å²) in [5.74, 6) is -0.435. The van der Waals surface area contributed by atoms with Gasteiger partial charge in [0.2, 0.25) is 0 Å². The molecule has 20 heavy (non-hydrogen) atoms. The van der Waals surface area contributed by atoms with Gasteiger partial charge in [-0.3, -0.25) is 4.98 Å². The standard InChI is InChI=1S/C14H12F4N2/c1-9(13-7-4-11(15)8-19-13)20-12-5-2-10(3-6-12)14(16,17)18/h2-9,20H,1H3. The molecule has 2 aromatic rings. The van der Waals surface area contributed by atoms with Crippen LogP contribution in [-0.2, 0) is 6.18 Å². The molecule has 1 N–H and O–H groups in total. The minimum atomic E-state index is -4.34. The van der Waals surface area contributed by atoms with Crippen LogP contribution in [0, 0.1) is 5.82 Å². The third-order valence-electron chi connectivity index (χ3n) is 2.79. The Morgan fingerprint density at radius 2 is 1.70 bits per heavy atom. The summed E-state index contributed by atoms with van der Waals surface area (Å²) >= 11 is 0. The molecule has 0 spiro atoms. The fourth-order valence-corrected chi connectivity index (χ4v) is 1.72. The fraction of sp³-hybridized carbons (Fsp3) is 0.214. The van der Waals surface area contributed by atoms with Crippen LogP contribution in [0.2, 0.25) is 0 Å². The minimum absolute atomic E-state index is 0.243. The number of nitrogens with zero attached hydrogens (tertiary/aromatic N) is 1. The minimum Gasteiger partial charge on any atom is -0.377 e. The maximum atomic E-state index is 12.7. The van der Waals surface area contributed by atoms with Gasteiger partial charge in [-0.15, -0.1) is 0 Å². The van der Waals surface area contributed by atoms with Gasteiger partial charge in [0, 0.05) is 5.69 Å². The Balaban J connectivity index is 2.08. The molecule has 0 saturated carbocycles. The largest absolute Gasteiger partial charge is 0.416 e. The Morgan fingerprint density at radius 1 is 1.05 bits per heavy atom. The van der Waals surface area contributed by atoms with Crippen LogP contribution in [0.5, 0.6) is 0 Å². The van der Waals surface area contributed by atoms with Crippen molar-refractivity contribution < 1.29 is 17.6 Å². The number of aromatic nitrogens is 1. The number of pyridine rings is 1. The van der Waals surface area contributed by atoms with Crippen LogP contribution < -0.4 is 5.32 Å². The first-order valence-electron chi connectivity index (χ1n) is 5.91. The molecule has 2 nitrogen and oxygen atoms in total. The number of hydrogen-bond acceptors (Lipinski definition) is 2. The summed E-state index contributed by atoms with van der Waals surface area (Å²) in [4.78, 5) is 3.91. The third-order valence-corrected chi connectivity index (χ3v) is 2.79. The number of alkyl halides is 3. The van der Waals surface area contributed by atoms with E-state index in [-0.39, 0.29) is 6.04 Å². The summed E-state index contributed by atoms with van der Waals surface area (Å²) in [6, 6.07) is 7.28. The molecule has 1 aromatic carbocycles. The molecule has 106 valence electrons. The number of anilines is 1. The smallest absolute Gasteiger partial charge is 0.377 e. The van der Waals surface area contributed by atoms with E-state index < -0.39 is 17.6 Å². The molecule has 0 aliphatic carbocycles. The SMILES string of the molecule is CC(Nc1ccc(C(F)(F)F)cc1)c1ccc(F)cn1. The highest BCUT2D eigenvalue weighted by molar-refractivity contribution is 5.46. The van der Waals surface area contributed by atoms with Crippen molar-refractivity contribution in [1.82, 2.24) is 4.98 Å². The summed E-state index contributed by atoms with van der Waals surface area (Å²) < 4.78 is 50.0. The average molecular weight is 284 g/mol. The van der Waals surface area contributed by atoms with Gasteiger partial charge in [-0.1, -0.05) is 0 Å². The summed E-state index contributed by atoms with van der Waals surface area (Å²) in [7, 11) is 0. The lowest BCUT2D eigenvalue weighted by molar-refractivity contribution is -0.137. The molecule has 1 aromatic heterocycles. The first kappa shape index (κ1) is 14.3. The van der Waals surface area contributed by atoms with E-state index in [2.05, 4.69) is 10.3 Å². The first-order chi connectivity index (χ1) is 9.36. The van der Waals surface area contributed by atoms with Crippen molar-refractivity contribution in [2.45, 2.75) is 19.1 Å². The molecule has 0 aliphatic rings. The lowest BCUT2D eigenvalue weighted by atomic mass is 10.1. The van der Waals surface area contributed by atoms with Crippen LogP contribution in [0.4, 0.5) is 23.2 Å². The van der Waals surface area contributed by atoms with E-state index in [1.165, 1.54) is 24.3 Å². The fourth-order valence-electron chi connectivity index (χ4n) is 1.72. The molecule has 0 saturated heterocycles. The number of rotatable bonds is 3. The quantitative estimate of drug-likeness (QED) is 0.844. The Kier molecular flexibility index (Phi) is 3.92. The molecule has 0 radical (unpaired) electrons. The molecule has 0 bridgehead atoms. The van der Waals surface area contributed by atoms with Crippen LogP contribution >= 0.6 is 0 Å². The van der Waals surface area contributed by atoms with Crippen molar-refractivity contribution in [2.75, 3.05) is 5.32 Å². The van der Waals surface area contributed by atoms with Gasteiger partial charge in [-0.2, -0.15) is 13.2 Å². The van der Waals surface area contributed by atoms with Crippen molar-refractivity contribution in [1.29, 1.82) is 0 Å². The highest BCUT2D eigenvalue weighted by Gasteiger charge is 2.29. The lowest BCUT2D eigenvalue weighted by Gasteiger charge is -2.15. The normalized spacial score (nSPS) is 13.1. The van der Waals surface area contributed by atoms with Crippen LogP contribution in [0.15, 0.2) is 42.6 Å². The van der Waals surface area contributed by atoms with Crippen molar-refractivity contribution in [3.05, 3.63) is 59.7 Å². The van der Waals surface area contributed by atoms with E-state index in [0.717, 1.165) is 18.3 Å². The Bertz CT molecular complexity index is 561. The number of nitrogens with one attached hydrogen (secondary N) is 1. The molecule has 1 atom stereocenters. The van der Waals surface area contributed by atoms with E-state index in [9.17, 15) is 17.6 Å². The highest BCUT2D eigenvalue weighted by atomic mass is 19.4. The molecular formula is C14H12F4N2. The predicted molar refractivity (Wildman–Crippen MR) is 67.7 cm³/mol. The highest BCUT2D eigenvalue weighted by Crippen LogP contribution is 2.30. The maximum Gasteiger partial charge on any atom is 0.416 e. The predicted octanol–water partition coefficient (Wildman–Crippen LogP) is 4.41. The van der Waals surface area contributed by atoms with Gasteiger partial charge < -0.3 is 5.32 Å². The number of benzene rings is 1. The van der Waals surface area contributed by atoms with Crippen molar-refractivity contribution in [2.24, 2.45) is 0 Å². The van der Waals surface area contributed by atoms with Gasteiger partial charge in [0.1, 0.15) is 5.82 Å². The monoisotopic (exact) mass is 284 g/mol. The Hall–Kier alpha value is -2.11. The second-order valence-electron chi connectivity index (χ2n) is 4.34. The zero-order valence-electron chi connectivity index (χ0n) is 10.6. The van der Waals surface area contributed by atoms with E-state index in [4.69, 9.17) is 0 Å². The van der Waals surface area contributed by atoms with E-state index in [1.54, 1.807) is 6.92 Å². The second-order valence-corrected chi connectivity index (χ2v) is 4.34. The molecule has 2 rings (SSSR count). The van der Waals surface area contributed by atoms with Gasteiger partial charge >= 0.3 is 6.18 Å². The van der Waals surface area contributed by atoms with Crippen LogP contribution in [-0.4, -0.2) is 4.98 Å². The van der Waals surface area contributed by atoms with Gasteiger partial charge in [0.15, 0.2) is 0 Å². The zero-order valence-corrected chi connectivity index (χ0v) is 10.6. The van der Waals surface area contributed by atoms with Crippen molar-refractivity contribution in [3.63, 3.8) is 0 Å². The Labute approximate surface area is 113 Å². The summed E-state index contributed by atoms with van der Waals surface area (Å²) in [5, 5.41) is 3.00. The first-order valence-corrected chi connectivity index (χ1v) is 5.91. The maximum absolute atomic E-state index is 12.7. The van der Waals surface area contributed by atoms with E-state index >= 15 is 0 Å². The van der Waals surface area contributed by atoms with Gasteiger partial charge in [0.25, 0.3) is 0 Å². The molecule has 1 heterocycles. The number of hydrogen-bond donors (Lipinski definition) is 1. The topological polar surface area (TPSA) is 24.9 Å². The average Bonchev–Trinajstić information content (AvgIpc) is 2.39. The molecule has 6 heteroatoms. The molecule has 0 aliphatic heterocycles. The number of halogens is 4. The molecule has 0 amide bonds. The third kappa shape index (κ3) is 3.46. The molecule has 0 fully saturated rings. The molecular weight excluding hydrogens is 272 g/mol. The zero-order chi connectivity index (χ0) is 14.8. The van der Waals surface area contributed by atoms with E-state index in [0.29, 0.717) is 11.4 Å². The van der Waals surface area contributed by atoms with Crippen molar-refractivity contribution >= 4 is 5.69 Å². The lowest BCUT2D eigenvalue weighted by Crippen LogP contribution is -2.09. The molecule has 1 unspecified atom stereocenters. The van der Waals surface area contributed by atoms with Crippen LogP contribution in [0.3, 0.4) is 0 Å². The van der Waals surface area contributed by atoms with Crippen LogP contribution in [0.1, 0.15) is 24.2 Å². The van der Waals surface area contributed by atoms with Gasteiger partial charge in [0.05, 0.1) is 23.5 Å². The van der Waals surface area contributed by atoms with Gasteiger partial charge in [-0.05, 0) is 43.3 Å². The van der Waals surface area contributed by atoms with Gasteiger partial charge in [-0.25, -0.2) is 4.39 Å². The summed E-state index contributed by atoms with van der Waals surface area (Å²) in [6.45, 7) is 1.79. The van der Waals surface area contributed by atoms with Crippen LogP contribution in [0.25, 0.3) is 0 Å². The summed E-state index contributed by atoms with van der Waals surface area (Å²) in [5.41, 5.74) is 0.443. The second kappa shape index (κ2) is 5.48. The summed E-state index contributed by atoms with van der Waals surface area (Å²) in [6.07, 6.45) is -3.25. The Morgan fingerprint density at radius 3 is 2.20 bits per heavy atom. The van der Waals surface area contributed by atoms with E-state index in [1.807, 2.05) is 0 Å². The van der Waals surface area contributed by atoms with Crippen molar-refractivity contribution in [3.8, 4) is 0 Å².